The van der Waals surface area contributed by atoms with Crippen LogP contribution in [0.1, 0.15) is 30.0 Å². The molecule has 6 nitrogen and oxygen atoms in total. The van der Waals surface area contributed by atoms with E-state index >= 15 is 0 Å². The molecule has 3 aromatic rings. The molecule has 0 amide bonds. The highest BCUT2D eigenvalue weighted by atomic mass is 16.6. The van der Waals surface area contributed by atoms with Gasteiger partial charge in [-0.25, -0.2) is 4.79 Å². The molecule has 0 saturated carbocycles. The van der Waals surface area contributed by atoms with Crippen LogP contribution in [-0.2, 0) is 0 Å². The Labute approximate surface area is 170 Å². The minimum atomic E-state index is -0.00369. The summed E-state index contributed by atoms with van der Waals surface area (Å²) in [5.41, 5.74) is 4.23. The van der Waals surface area contributed by atoms with Gasteiger partial charge in [0, 0.05) is 25.7 Å². The molecular weight excluding hydrogens is 366 g/mol. The standard InChI is InChI=1S/C23H27N3O3/c1-15-11-16(2)22-21(12-15)29-18(14-28-22)13-25-9-7-17(8-10-25)26-20-6-4-3-5-19(20)24-23(26)27/h3-6,11-12,17-18H,7-10,13-14H2,1-2H3,(H,24,27). The number of aryl methyl sites for hydroxylation is 2. The van der Waals surface area contributed by atoms with E-state index in [0.29, 0.717) is 6.61 Å². The van der Waals surface area contributed by atoms with Crippen molar-refractivity contribution in [2.75, 3.05) is 26.2 Å². The fourth-order valence-electron chi connectivity index (χ4n) is 4.75. The number of imidazole rings is 1. The topological polar surface area (TPSA) is 59.5 Å². The molecule has 3 heterocycles. The van der Waals surface area contributed by atoms with Crippen molar-refractivity contribution < 1.29 is 9.47 Å². The molecule has 5 rings (SSSR count). The van der Waals surface area contributed by atoms with Crippen molar-refractivity contribution in [1.29, 1.82) is 0 Å². The molecule has 0 bridgehead atoms. The first-order valence-corrected chi connectivity index (χ1v) is 10.4. The molecule has 0 radical (unpaired) electrons. The predicted octanol–water partition coefficient (Wildman–Crippen LogP) is 3.42. The van der Waals surface area contributed by atoms with Gasteiger partial charge in [-0.2, -0.15) is 0 Å². The van der Waals surface area contributed by atoms with E-state index in [1.165, 1.54) is 5.56 Å². The molecule has 1 saturated heterocycles. The van der Waals surface area contributed by atoms with Crippen molar-refractivity contribution in [2.45, 2.75) is 38.8 Å². The van der Waals surface area contributed by atoms with E-state index in [9.17, 15) is 4.79 Å². The Morgan fingerprint density at radius 3 is 2.76 bits per heavy atom. The van der Waals surface area contributed by atoms with Crippen molar-refractivity contribution in [2.24, 2.45) is 0 Å². The van der Waals surface area contributed by atoms with Gasteiger partial charge in [0.05, 0.1) is 11.0 Å². The smallest absolute Gasteiger partial charge is 0.326 e. The summed E-state index contributed by atoms with van der Waals surface area (Å²) in [6.45, 7) is 7.48. The first-order valence-electron chi connectivity index (χ1n) is 10.4. The SMILES string of the molecule is Cc1cc(C)c2c(c1)OC(CN1CCC(n3c(=O)[nH]c4ccccc43)CC1)CO2. The number of aromatic nitrogens is 2. The number of hydrogen-bond acceptors (Lipinski definition) is 4. The number of para-hydroxylation sites is 2. The van der Waals surface area contributed by atoms with Crippen LogP contribution in [0.2, 0.25) is 0 Å². The van der Waals surface area contributed by atoms with Crippen molar-refractivity contribution >= 4 is 11.0 Å². The maximum absolute atomic E-state index is 12.5. The molecule has 2 aromatic carbocycles. The van der Waals surface area contributed by atoms with Gasteiger partial charge in [0.15, 0.2) is 11.5 Å². The lowest BCUT2D eigenvalue weighted by Crippen LogP contribution is -2.45. The van der Waals surface area contributed by atoms with Crippen LogP contribution in [-0.4, -0.2) is 46.8 Å². The molecule has 1 atom stereocenters. The third kappa shape index (κ3) is 3.42. The van der Waals surface area contributed by atoms with Gasteiger partial charge in [0.25, 0.3) is 0 Å². The summed E-state index contributed by atoms with van der Waals surface area (Å²) < 4.78 is 14.2. The van der Waals surface area contributed by atoms with E-state index in [1.54, 1.807) is 0 Å². The van der Waals surface area contributed by atoms with Crippen LogP contribution in [0.5, 0.6) is 11.5 Å². The second-order valence-electron chi connectivity index (χ2n) is 8.31. The third-order valence-corrected chi connectivity index (χ3v) is 6.10. The Hall–Kier alpha value is -2.73. The van der Waals surface area contributed by atoms with Crippen molar-refractivity contribution in [1.82, 2.24) is 14.5 Å². The molecule has 1 N–H and O–H groups in total. The summed E-state index contributed by atoms with van der Waals surface area (Å²) >= 11 is 0. The zero-order valence-electron chi connectivity index (χ0n) is 17.0. The van der Waals surface area contributed by atoms with Crippen molar-refractivity contribution in [3.05, 3.63) is 58.0 Å². The summed E-state index contributed by atoms with van der Waals surface area (Å²) in [4.78, 5) is 17.9. The van der Waals surface area contributed by atoms with Gasteiger partial charge in [-0.3, -0.25) is 9.47 Å². The second-order valence-corrected chi connectivity index (χ2v) is 8.31. The first kappa shape index (κ1) is 18.3. The average Bonchev–Trinajstić information content (AvgIpc) is 3.04. The Bertz CT molecular complexity index is 1090. The summed E-state index contributed by atoms with van der Waals surface area (Å²) in [6.07, 6.45) is 1.96. The van der Waals surface area contributed by atoms with E-state index in [1.807, 2.05) is 28.8 Å². The molecule has 6 heteroatoms. The van der Waals surface area contributed by atoms with Gasteiger partial charge in [-0.1, -0.05) is 18.2 Å². The van der Waals surface area contributed by atoms with Crippen LogP contribution < -0.4 is 15.2 Å². The van der Waals surface area contributed by atoms with Crippen LogP contribution in [0, 0.1) is 13.8 Å². The zero-order valence-corrected chi connectivity index (χ0v) is 17.0. The molecule has 2 aliphatic rings. The van der Waals surface area contributed by atoms with Crippen LogP contribution in [0.4, 0.5) is 0 Å². The number of rotatable bonds is 3. The van der Waals surface area contributed by atoms with Gasteiger partial charge in [-0.15, -0.1) is 0 Å². The van der Waals surface area contributed by atoms with E-state index in [2.05, 4.69) is 35.9 Å². The number of nitrogens with zero attached hydrogens (tertiary/aromatic N) is 2. The quantitative estimate of drug-likeness (QED) is 0.741. The lowest BCUT2D eigenvalue weighted by molar-refractivity contribution is 0.0480. The lowest BCUT2D eigenvalue weighted by Gasteiger charge is -2.36. The molecular formula is C23H27N3O3. The van der Waals surface area contributed by atoms with Gasteiger partial charge in [0.2, 0.25) is 0 Å². The van der Waals surface area contributed by atoms with E-state index in [-0.39, 0.29) is 17.8 Å². The number of nitrogens with one attached hydrogen (secondary N) is 1. The third-order valence-electron chi connectivity index (χ3n) is 6.10. The minimum Gasteiger partial charge on any atom is -0.486 e. The molecule has 0 aliphatic carbocycles. The molecule has 1 fully saturated rings. The maximum atomic E-state index is 12.5. The molecule has 1 aromatic heterocycles. The Balaban J connectivity index is 1.24. The average molecular weight is 393 g/mol. The van der Waals surface area contributed by atoms with Gasteiger partial charge in [-0.05, 0) is 56.0 Å². The van der Waals surface area contributed by atoms with Crippen LogP contribution in [0.25, 0.3) is 11.0 Å². The Morgan fingerprint density at radius 1 is 1.14 bits per heavy atom. The van der Waals surface area contributed by atoms with Crippen LogP contribution in [0.15, 0.2) is 41.2 Å². The van der Waals surface area contributed by atoms with Gasteiger partial charge < -0.3 is 14.5 Å². The number of H-pyrrole nitrogens is 1. The van der Waals surface area contributed by atoms with E-state index < -0.39 is 0 Å². The predicted molar refractivity (Wildman–Crippen MR) is 113 cm³/mol. The highest BCUT2D eigenvalue weighted by Crippen LogP contribution is 2.36. The fourth-order valence-corrected chi connectivity index (χ4v) is 4.75. The lowest BCUT2D eigenvalue weighted by atomic mass is 10.0. The number of piperidine rings is 1. The number of hydrogen-bond donors (Lipinski definition) is 1. The second kappa shape index (κ2) is 7.26. The normalized spacial score (nSPS) is 20.3. The number of aromatic amines is 1. The molecule has 2 aliphatic heterocycles. The Kier molecular flexibility index (Phi) is 4.59. The molecule has 152 valence electrons. The minimum absolute atomic E-state index is 0.00369. The van der Waals surface area contributed by atoms with Gasteiger partial charge in [0.1, 0.15) is 12.7 Å². The first-order chi connectivity index (χ1) is 14.1. The zero-order chi connectivity index (χ0) is 20.0. The Morgan fingerprint density at radius 2 is 1.93 bits per heavy atom. The van der Waals surface area contributed by atoms with Crippen molar-refractivity contribution in [3.8, 4) is 11.5 Å². The van der Waals surface area contributed by atoms with E-state index in [4.69, 9.17) is 9.47 Å². The summed E-state index contributed by atoms with van der Waals surface area (Å²) in [5, 5.41) is 0. The number of fused-ring (bicyclic) bond motifs is 2. The fraction of sp³-hybridized carbons (Fsp3) is 0.435. The molecule has 0 spiro atoms. The largest absolute Gasteiger partial charge is 0.486 e. The van der Waals surface area contributed by atoms with Crippen LogP contribution in [0.3, 0.4) is 0 Å². The summed E-state index contributed by atoms with van der Waals surface area (Å²) in [7, 11) is 0. The summed E-state index contributed by atoms with van der Waals surface area (Å²) in [5.74, 6) is 1.74. The van der Waals surface area contributed by atoms with Crippen LogP contribution >= 0.6 is 0 Å². The molecule has 1 unspecified atom stereocenters. The number of likely N-dealkylation sites (tertiary alicyclic amines) is 1. The summed E-state index contributed by atoms with van der Waals surface area (Å²) in [6, 6.07) is 12.4. The monoisotopic (exact) mass is 393 g/mol. The van der Waals surface area contributed by atoms with Crippen molar-refractivity contribution in [3.63, 3.8) is 0 Å². The highest BCUT2D eigenvalue weighted by molar-refractivity contribution is 5.75. The maximum Gasteiger partial charge on any atom is 0.326 e. The molecule has 29 heavy (non-hydrogen) atoms. The number of benzene rings is 2. The number of ether oxygens (including phenoxy) is 2. The van der Waals surface area contributed by atoms with E-state index in [0.717, 1.165) is 60.6 Å². The highest BCUT2D eigenvalue weighted by Gasteiger charge is 2.28. The van der Waals surface area contributed by atoms with Gasteiger partial charge >= 0.3 is 5.69 Å².